The number of rotatable bonds is 8. The zero-order valence-electron chi connectivity index (χ0n) is 11.7. The first-order chi connectivity index (χ1) is 9.17. The van der Waals surface area contributed by atoms with Gasteiger partial charge < -0.3 is 20.1 Å². The molecule has 1 rings (SSSR count). The quantitative estimate of drug-likeness (QED) is 0.701. The van der Waals surface area contributed by atoms with Gasteiger partial charge in [0.15, 0.2) is 0 Å². The van der Waals surface area contributed by atoms with Gasteiger partial charge in [0.05, 0.1) is 13.2 Å². The summed E-state index contributed by atoms with van der Waals surface area (Å²) >= 11 is 0. The maximum atomic E-state index is 11.6. The number of amides is 1. The Kier molecular flexibility index (Phi) is 7.10. The molecule has 1 aromatic rings. The van der Waals surface area contributed by atoms with Gasteiger partial charge in [0.2, 0.25) is 5.91 Å². The molecule has 1 aromatic carbocycles. The molecule has 0 radical (unpaired) electrons. The predicted octanol–water partition coefficient (Wildman–Crippen LogP) is 1.57. The first-order valence-electron chi connectivity index (χ1n) is 6.31. The molecule has 0 saturated heterocycles. The molecular weight excluding hydrogens is 244 g/mol. The molecule has 5 nitrogen and oxygen atoms in total. The highest BCUT2D eigenvalue weighted by atomic mass is 16.5. The highest BCUT2D eigenvalue weighted by Crippen LogP contribution is 2.16. The number of carbonyl (C=O) groups is 1. The lowest BCUT2D eigenvalue weighted by Gasteiger charge is -2.12. The van der Waals surface area contributed by atoms with Gasteiger partial charge in [-0.3, -0.25) is 4.79 Å². The van der Waals surface area contributed by atoms with Gasteiger partial charge in [-0.05, 0) is 31.7 Å². The fourth-order valence-electron chi connectivity index (χ4n) is 1.56. The summed E-state index contributed by atoms with van der Waals surface area (Å²) in [4.78, 5) is 11.6. The van der Waals surface area contributed by atoms with E-state index in [0.717, 1.165) is 11.3 Å². The Morgan fingerprint density at radius 2 is 2.16 bits per heavy atom. The third-order valence-corrected chi connectivity index (χ3v) is 2.77. The topological polar surface area (TPSA) is 59.6 Å². The fraction of sp³-hybridized carbons (Fsp3) is 0.500. The Hall–Kier alpha value is -1.43. The van der Waals surface area contributed by atoms with Crippen molar-refractivity contribution < 1.29 is 14.3 Å². The van der Waals surface area contributed by atoms with E-state index in [1.165, 1.54) is 0 Å². The largest absolute Gasteiger partial charge is 0.382 e. The molecule has 0 aliphatic rings. The summed E-state index contributed by atoms with van der Waals surface area (Å²) < 4.78 is 9.99. The molecule has 0 fully saturated rings. The number of hydrogen-bond donors (Lipinski definition) is 2. The van der Waals surface area contributed by atoms with Crippen molar-refractivity contribution >= 4 is 11.6 Å². The van der Waals surface area contributed by atoms with E-state index in [0.29, 0.717) is 13.2 Å². The molecule has 2 N–H and O–H groups in total. The van der Waals surface area contributed by atoms with E-state index < -0.39 is 0 Å². The number of methoxy groups -OCH3 is 1. The zero-order chi connectivity index (χ0) is 14.1. The van der Waals surface area contributed by atoms with Gasteiger partial charge in [0, 0.05) is 18.8 Å². The summed E-state index contributed by atoms with van der Waals surface area (Å²) in [7, 11) is 3.50. The average Bonchev–Trinajstić information content (AvgIpc) is 2.43. The second-order valence-corrected chi connectivity index (χ2v) is 4.23. The molecule has 0 bridgehead atoms. The molecule has 0 aliphatic heterocycles. The Bertz CT molecular complexity index is 396. The highest BCUT2D eigenvalue weighted by Gasteiger charge is 2.06. The summed E-state index contributed by atoms with van der Waals surface area (Å²) in [5.74, 6) is -0.162. The minimum Gasteiger partial charge on any atom is -0.382 e. The lowest BCUT2D eigenvalue weighted by Crippen LogP contribution is -2.20. The van der Waals surface area contributed by atoms with E-state index in [-0.39, 0.29) is 18.6 Å². The van der Waals surface area contributed by atoms with Crippen LogP contribution in [0, 0.1) is 0 Å². The van der Waals surface area contributed by atoms with Crippen LogP contribution in [0.15, 0.2) is 24.3 Å². The van der Waals surface area contributed by atoms with E-state index in [1.54, 1.807) is 7.11 Å². The Morgan fingerprint density at radius 1 is 1.37 bits per heavy atom. The summed E-state index contributed by atoms with van der Waals surface area (Å²) in [6.45, 7) is 3.01. The van der Waals surface area contributed by atoms with Gasteiger partial charge >= 0.3 is 0 Å². The maximum Gasteiger partial charge on any atom is 0.250 e. The normalized spacial score (nSPS) is 12.2. The van der Waals surface area contributed by atoms with Crippen LogP contribution in [0.1, 0.15) is 18.5 Å². The number of anilines is 1. The monoisotopic (exact) mass is 266 g/mol. The number of benzene rings is 1. The van der Waals surface area contributed by atoms with Crippen molar-refractivity contribution in [2.24, 2.45) is 0 Å². The average molecular weight is 266 g/mol. The van der Waals surface area contributed by atoms with Crippen LogP contribution in [0.2, 0.25) is 0 Å². The summed E-state index contributed by atoms with van der Waals surface area (Å²) in [5, 5.41) is 5.96. The van der Waals surface area contributed by atoms with Gasteiger partial charge in [-0.1, -0.05) is 12.1 Å². The molecule has 1 atom stereocenters. The minimum atomic E-state index is -0.162. The zero-order valence-corrected chi connectivity index (χ0v) is 11.7. The van der Waals surface area contributed by atoms with Crippen LogP contribution < -0.4 is 10.6 Å². The van der Waals surface area contributed by atoms with Gasteiger partial charge in [-0.15, -0.1) is 0 Å². The van der Waals surface area contributed by atoms with Crippen LogP contribution in [0.3, 0.4) is 0 Å². The second-order valence-electron chi connectivity index (χ2n) is 4.23. The van der Waals surface area contributed by atoms with E-state index in [2.05, 4.69) is 17.6 Å². The third kappa shape index (κ3) is 5.83. The number of nitrogens with one attached hydrogen (secondary N) is 2. The molecule has 1 unspecified atom stereocenters. The standard InChI is InChI=1S/C14H22N2O3/c1-11(15-2)12-5-4-6-13(9-12)16-14(17)10-19-8-7-18-3/h4-6,9,11,15H,7-8,10H2,1-3H3,(H,16,17). The van der Waals surface area contributed by atoms with Crippen LogP contribution in [-0.4, -0.2) is 39.9 Å². The Labute approximate surface area is 114 Å². The summed E-state index contributed by atoms with van der Waals surface area (Å²) in [5.41, 5.74) is 1.90. The Morgan fingerprint density at radius 3 is 2.84 bits per heavy atom. The number of ether oxygens (including phenoxy) is 2. The molecule has 0 aliphatic carbocycles. The molecule has 106 valence electrons. The maximum absolute atomic E-state index is 11.6. The van der Waals surface area contributed by atoms with Crippen molar-refractivity contribution in [1.29, 1.82) is 0 Å². The third-order valence-electron chi connectivity index (χ3n) is 2.77. The van der Waals surface area contributed by atoms with Crippen LogP contribution in [0.25, 0.3) is 0 Å². The van der Waals surface area contributed by atoms with Crippen LogP contribution in [0.5, 0.6) is 0 Å². The van der Waals surface area contributed by atoms with Crippen molar-refractivity contribution in [2.45, 2.75) is 13.0 Å². The predicted molar refractivity (Wildman–Crippen MR) is 75.2 cm³/mol. The van der Waals surface area contributed by atoms with E-state index in [9.17, 15) is 4.79 Å². The van der Waals surface area contributed by atoms with Gasteiger partial charge in [-0.25, -0.2) is 0 Å². The highest BCUT2D eigenvalue weighted by molar-refractivity contribution is 5.91. The molecular formula is C14H22N2O3. The summed E-state index contributed by atoms with van der Waals surface area (Å²) in [6.07, 6.45) is 0. The van der Waals surface area contributed by atoms with Gasteiger partial charge in [0.25, 0.3) is 0 Å². The molecule has 0 saturated carbocycles. The van der Waals surface area contributed by atoms with Crippen molar-refractivity contribution in [2.75, 3.05) is 39.3 Å². The second kappa shape index (κ2) is 8.63. The first-order valence-corrected chi connectivity index (χ1v) is 6.31. The SMILES string of the molecule is CNC(C)c1cccc(NC(=O)COCCOC)c1. The van der Waals surface area contributed by atoms with Crippen molar-refractivity contribution in [3.8, 4) is 0 Å². The van der Waals surface area contributed by atoms with Gasteiger partial charge in [0.1, 0.15) is 6.61 Å². The van der Waals surface area contributed by atoms with Crippen LogP contribution in [0.4, 0.5) is 5.69 Å². The Balaban J connectivity index is 2.45. The van der Waals surface area contributed by atoms with Crippen molar-refractivity contribution in [1.82, 2.24) is 5.32 Å². The van der Waals surface area contributed by atoms with Crippen molar-refractivity contribution in [3.63, 3.8) is 0 Å². The molecule has 0 spiro atoms. The summed E-state index contributed by atoms with van der Waals surface area (Å²) in [6, 6.07) is 8.00. The molecule has 1 amide bonds. The van der Waals surface area contributed by atoms with E-state index >= 15 is 0 Å². The first kappa shape index (κ1) is 15.6. The molecule has 19 heavy (non-hydrogen) atoms. The number of carbonyl (C=O) groups excluding carboxylic acids is 1. The van der Waals surface area contributed by atoms with Gasteiger partial charge in [-0.2, -0.15) is 0 Å². The molecule has 5 heteroatoms. The smallest absolute Gasteiger partial charge is 0.250 e. The van der Waals surface area contributed by atoms with Crippen molar-refractivity contribution in [3.05, 3.63) is 29.8 Å². The lowest BCUT2D eigenvalue weighted by molar-refractivity contribution is -0.121. The molecule has 0 aromatic heterocycles. The lowest BCUT2D eigenvalue weighted by atomic mass is 10.1. The van der Waals surface area contributed by atoms with Crippen LogP contribution >= 0.6 is 0 Å². The van der Waals surface area contributed by atoms with E-state index in [1.807, 2.05) is 31.3 Å². The number of hydrogen-bond acceptors (Lipinski definition) is 4. The van der Waals surface area contributed by atoms with Crippen LogP contribution in [-0.2, 0) is 14.3 Å². The fourth-order valence-corrected chi connectivity index (χ4v) is 1.56. The van der Waals surface area contributed by atoms with E-state index in [4.69, 9.17) is 9.47 Å². The molecule has 0 heterocycles. The minimum absolute atomic E-state index is 0.0369.